The van der Waals surface area contributed by atoms with Gasteiger partial charge < -0.3 is 14.6 Å². The molecule has 4 atom stereocenters. The fourth-order valence-corrected chi connectivity index (χ4v) is 4.42. The third kappa shape index (κ3) is 5.50. The van der Waals surface area contributed by atoms with Crippen LogP contribution in [0.1, 0.15) is 36.1 Å². The summed E-state index contributed by atoms with van der Waals surface area (Å²) in [6.45, 7) is 2.99. The zero-order valence-electron chi connectivity index (χ0n) is 18.7. The Morgan fingerprint density at radius 3 is 2.27 bits per heavy atom. The first kappa shape index (κ1) is 23.2. The van der Waals surface area contributed by atoms with E-state index in [9.17, 15) is 14.7 Å². The molecule has 2 aromatic carbocycles. The van der Waals surface area contributed by atoms with Crippen molar-refractivity contribution in [2.75, 3.05) is 6.61 Å². The fraction of sp³-hybridized carbons (Fsp3) is 0.385. The molecular weight excluding hydrogens is 420 g/mol. The molecule has 1 aliphatic rings. The summed E-state index contributed by atoms with van der Waals surface area (Å²) in [5.41, 5.74) is 1.69. The van der Waals surface area contributed by atoms with Crippen LogP contribution in [0.15, 0.2) is 76.4 Å². The standard InChI is InChI=1S/C26H30N2O5/c1-2-20-14-28(26(31)27-25(20)30)22-13-23(33-16-19-11-7-4-8-12-19)21(24(22)29)17-32-15-18-9-5-3-6-10-18/h3-12,14,21-24,29H,2,13,15-17H2,1H3,(H,27,30,31). The van der Waals surface area contributed by atoms with E-state index >= 15 is 0 Å². The van der Waals surface area contributed by atoms with Crippen molar-refractivity contribution in [3.63, 3.8) is 0 Å². The number of ether oxygens (including phenoxy) is 2. The Labute approximate surface area is 192 Å². The van der Waals surface area contributed by atoms with E-state index in [1.54, 1.807) is 6.20 Å². The highest BCUT2D eigenvalue weighted by Gasteiger charge is 2.44. The highest BCUT2D eigenvalue weighted by Crippen LogP contribution is 2.37. The topological polar surface area (TPSA) is 93.6 Å². The molecule has 1 aromatic heterocycles. The molecule has 4 unspecified atom stereocenters. The molecule has 1 saturated carbocycles. The summed E-state index contributed by atoms with van der Waals surface area (Å²) in [5, 5.41) is 11.2. The highest BCUT2D eigenvalue weighted by atomic mass is 16.5. The lowest BCUT2D eigenvalue weighted by Gasteiger charge is -2.23. The molecule has 0 radical (unpaired) electrons. The van der Waals surface area contributed by atoms with Gasteiger partial charge in [0.1, 0.15) is 0 Å². The molecule has 7 heteroatoms. The second-order valence-electron chi connectivity index (χ2n) is 8.47. The molecule has 1 aliphatic carbocycles. The van der Waals surface area contributed by atoms with Crippen molar-refractivity contribution >= 4 is 0 Å². The van der Waals surface area contributed by atoms with Crippen molar-refractivity contribution in [3.05, 3.63) is 104 Å². The molecule has 0 aliphatic heterocycles. The van der Waals surface area contributed by atoms with Crippen molar-refractivity contribution in [1.29, 1.82) is 0 Å². The summed E-state index contributed by atoms with van der Waals surface area (Å²) in [6, 6.07) is 19.2. The van der Waals surface area contributed by atoms with Gasteiger partial charge in [0.2, 0.25) is 0 Å². The zero-order valence-corrected chi connectivity index (χ0v) is 18.7. The van der Waals surface area contributed by atoms with E-state index < -0.39 is 17.8 Å². The second kappa shape index (κ2) is 10.7. The predicted molar refractivity (Wildman–Crippen MR) is 125 cm³/mol. The number of H-pyrrole nitrogens is 1. The Bertz CT molecular complexity index is 1140. The molecule has 174 valence electrons. The monoisotopic (exact) mass is 450 g/mol. The van der Waals surface area contributed by atoms with E-state index in [0.29, 0.717) is 38.2 Å². The van der Waals surface area contributed by atoms with Crippen LogP contribution in [0.4, 0.5) is 0 Å². The molecule has 0 spiro atoms. The van der Waals surface area contributed by atoms with E-state index in [1.807, 2.05) is 67.6 Å². The van der Waals surface area contributed by atoms with E-state index in [-0.39, 0.29) is 17.6 Å². The number of aryl methyl sites for hydroxylation is 1. The molecule has 7 nitrogen and oxygen atoms in total. The Hall–Kier alpha value is -3.00. The summed E-state index contributed by atoms with van der Waals surface area (Å²) in [4.78, 5) is 26.9. The Morgan fingerprint density at radius 1 is 1.00 bits per heavy atom. The van der Waals surface area contributed by atoms with Crippen molar-refractivity contribution < 1.29 is 14.6 Å². The largest absolute Gasteiger partial charge is 0.390 e. The van der Waals surface area contributed by atoms with Crippen LogP contribution in [-0.2, 0) is 29.1 Å². The van der Waals surface area contributed by atoms with Gasteiger partial charge in [0, 0.05) is 17.7 Å². The summed E-state index contributed by atoms with van der Waals surface area (Å²) in [5.74, 6) is -0.314. The number of nitrogens with one attached hydrogen (secondary N) is 1. The van der Waals surface area contributed by atoms with E-state index in [1.165, 1.54) is 4.57 Å². The van der Waals surface area contributed by atoms with E-state index in [0.717, 1.165) is 11.1 Å². The molecular formula is C26H30N2O5. The molecule has 1 heterocycles. The Morgan fingerprint density at radius 2 is 1.64 bits per heavy atom. The molecule has 3 aromatic rings. The van der Waals surface area contributed by atoms with Crippen LogP contribution in [0.2, 0.25) is 0 Å². The number of hydrogen-bond donors (Lipinski definition) is 2. The SMILES string of the molecule is CCc1cn(C2CC(OCc3ccccc3)C(COCc3ccccc3)C2O)c(=O)[nH]c1=O. The minimum Gasteiger partial charge on any atom is -0.390 e. The van der Waals surface area contributed by atoms with Crippen LogP contribution >= 0.6 is 0 Å². The maximum Gasteiger partial charge on any atom is 0.328 e. The minimum atomic E-state index is -0.852. The van der Waals surface area contributed by atoms with Crippen molar-refractivity contribution in [2.45, 2.75) is 51.2 Å². The fourth-order valence-electron chi connectivity index (χ4n) is 4.42. The normalized spacial score (nSPS) is 22.5. The Kier molecular flexibility index (Phi) is 7.54. The van der Waals surface area contributed by atoms with Crippen LogP contribution in [0.5, 0.6) is 0 Å². The molecule has 0 saturated heterocycles. The molecule has 0 amide bonds. The second-order valence-corrected chi connectivity index (χ2v) is 8.47. The maximum atomic E-state index is 12.6. The number of nitrogens with zero attached hydrogens (tertiary/aromatic N) is 1. The molecule has 1 fully saturated rings. The lowest BCUT2D eigenvalue weighted by molar-refractivity contribution is -0.0476. The quantitative estimate of drug-likeness (QED) is 0.523. The zero-order chi connectivity index (χ0) is 23.2. The average molecular weight is 451 g/mol. The predicted octanol–water partition coefficient (Wildman–Crippen LogP) is 2.82. The van der Waals surface area contributed by atoms with Crippen LogP contribution in [-0.4, -0.2) is 33.5 Å². The van der Waals surface area contributed by atoms with Gasteiger partial charge in [-0.25, -0.2) is 4.79 Å². The maximum absolute atomic E-state index is 12.6. The molecule has 0 bridgehead atoms. The van der Waals surface area contributed by atoms with E-state index in [2.05, 4.69) is 4.98 Å². The summed E-state index contributed by atoms with van der Waals surface area (Å²) < 4.78 is 13.6. The van der Waals surface area contributed by atoms with Gasteiger partial charge >= 0.3 is 5.69 Å². The molecule has 4 rings (SSSR count). The summed E-state index contributed by atoms with van der Waals surface area (Å²) in [7, 11) is 0. The van der Waals surface area contributed by atoms with Crippen LogP contribution in [0.25, 0.3) is 0 Å². The number of rotatable bonds is 9. The smallest absolute Gasteiger partial charge is 0.328 e. The van der Waals surface area contributed by atoms with Gasteiger partial charge in [-0.1, -0.05) is 67.6 Å². The van der Waals surface area contributed by atoms with Gasteiger partial charge in [0.25, 0.3) is 5.56 Å². The number of aliphatic hydroxyl groups is 1. The van der Waals surface area contributed by atoms with Crippen molar-refractivity contribution in [1.82, 2.24) is 9.55 Å². The first-order valence-electron chi connectivity index (χ1n) is 11.4. The lowest BCUT2D eigenvalue weighted by atomic mass is 10.0. The van der Waals surface area contributed by atoms with Gasteiger partial charge in [0.05, 0.1) is 38.1 Å². The van der Waals surface area contributed by atoms with Gasteiger partial charge in [-0.3, -0.25) is 14.3 Å². The number of aromatic nitrogens is 2. The highest BCUT2D eigenvalue weighted by molar-refractivity contribution is 5.14. The summed E-state index contributed by atoms with van der Waals surface area (Å²) >= 11 is 0. The molecule has 33 heavy (non-hydrogen) atoms. The third-order valence-electron chi connectivity index (χ3n) is 6.29. The first-order valence-corrected chi connectivity index (χ1v) is 11.4. The van der Waals surface area contributed by atoms with E-state index in [4.69, 9.17) is 9.47 Å². The lowest BCUT2D eigenvalue weighted by Crippen LogP contribution is -2.38. The van der Waals surface area contributed by atoms with Gasteiger partial charge in [-0.2, -0.15) is 0 Å². The van der Waals surface area contributed by atoms with Gasteiger partial charge in [-0.05, 0) is 24.0 Å². The Balaban J connectivity index is 1.53. The van der Waals surface area contributed by atoms with Crippen LogP contribution in [0.3, 0.4) is 0 Å². The summed E-state index contributed by atoms with van der Waals surface area (Å²) in [6.07, 6.45) is 1.36. The number of aromatic amines is 1. The van der Waals surface area contributed by atoms with Crippen molar-refractivity contribution in [3.8, 4) is 0 Å². The number of aliphatic hydroxyl groups excluding tert-OH is 1. The number of hydrogen-bond acceptors (Lipinski definition) is 5. The van der Waals surface area contributed by atoms with Gasteiger partial charge in [0.15, 0.2) is 0 Å². The van der Waals surface area contributed by atoms with Crippen LogP contribution < -0.4 is 11.2 Å². The minimum absolute atomic E-state index is 0.296. The third-order valence-corrected chi connectivity index (χ3v) is 6.29. The van der Waals surface area contributed by atoms with Crippen molar-refractivity contribution in [2.24, 2.45) is 5.92 Å². The van der Waals surface area contributed by atoms with Gasteiger partial charge in [-0.15, -0.1) is 0 Å². The first-order chi connectivity index (χ1) is 16.1. The molecule has 2 N–H and O–H groups in total. The average Bonchev–Trinajstić information content (AvgIpc) is 3.14. The van der Waals surface area contributed by atoms with Crippen LogP contribution in [0, 0.1) is 5.92 Å². The number of benzene rings is 2.